The van der Waals surface area contributed by atoms with Crippen LogP contribution in [0.1, 0.15) is 40.8 Å². The van der Waals surface area contributed by atoms with Gasteiger partial charge in [0.05, 0.1) is 5.56 Å². The van der Waals surface area contributed by atoms with E-state index in [-0.39, 0.29) is 29.1 Å². The normalized spacial score (nSPS) is 18.2. The molecule has 8 nitrogen and oxygen atoms in total. The summed E-state index contributed by atoms with van der Waals surface area (Å²) in [7, 11) is 1.86. The van der Waals surface area contributed by atoms with Gasteiger partial charge in [-0.2, -0.15) is 0 Å². The van der Waals surface area contributed by atoms with Crippen LogP contribution in [0.15, 0.2) is 35.3 Å². The highest BCUT2D eigenvalue weighted by molar-refractivity contribution is 7.14. The fraction of sp³-hybridized carbons (Fsp3) is 0.364. The van der Waals surface area contributed by atoms with Crippen molar-refractivity contribution in [2.75, 3.05) is 18.6 Å². The van der Waals surface area contributed by atoms with Crippen molar-refractivity contribution >= 4 is 17.2 Å². The molecule has 1 atom stereocenters. The lowest BCUT2D eigenvalue weighted by Gasteiger charge is -2.45. The number of amides is 1. The second kappa shape index (κ2) is 7.70. The van der Waals surface area contributed by atoms with E-state index in [9.17, 15) is 19.1 Å². The Morgan fingerprint density at radius 2 is 1.91 bits per heavy atom. The summed E-state index contributed by atoms with van der Waals surface area (Å²) in [6.07, 6.45) is 3.97. The van der Waals surface area contributed by atoms with Gasteiger partial charge in [0.2, 0.25) is 5.43 Å². The summed E-state index contributed by atoms with van der Waals surface area (Å²) < 4.78 is 14.7. The topological polar surface area (TPSA) is 91.6 Å². The molecule has 1 aliphatic heterocycles. The van der Waals surface area contributed by atoms with Crippen molar-refractivity contribution in [1.82, 2.24) is 19.8 Å². The van der Waals surface area contributed by atoms with E-state index in [1.54, 1.807) is 27.9 Å². The molecule has 2 aromatic heterocycles. The smallest absolute Gasteiger partial charge is 0.278 e. The van der Waals surface area contributed by atoms with Crippen LogP contribution in [0.3, 0.4) is 0 Å². The maximum Gasteiger partial charge on any atom is 0.278 e. The quantitative estimate of drug-likeness (QED) is 0.636. The third-order valence-electron chi connectivity index (χ3n) is 6.02. The van der Waals surface area contributed by atoms with E-state index in [1.165, 1.54) is 23.5 Å². The largest absolute Gasteiger partial charge is 0.502 e. The number of aromatic nitrogens is 3. The highest BCUT2D eigenvalue weighted by Gasteiger charge is 2.45. The number of rotatable bonds is 5. The number of hydrogen-bond donors (Lipinski definition) is 1. The van der Waals surface area contributed by atoms with Crippen molar-refractivity contribution in [2.45, 2.75) is 32.4 Å². The Hall–Kier alpha value is -3.27. The predicted octanol–water partition coefficient (Wildman–Crippen LogP) is 2.58. The van der Waals surface area contributed by atoms with E-state index >= 15 is 0 Å². The Labute approximate surface area is 187 Å². The number of aromatic hydroxyl groups is 1. The molecule has 0 radical (unpaired) electrons. The van der Waals surface area contributed by atoms with Crippen LogP contribution in [-0.4, -0.2) is 50.5 Å². The molecule has 1 fully saturated rings. The number of carbonyl (C=O) groups is 1. The minimum atomic E-state index is -0.650. The van der Waals surface area contributed by atoms with Crippen molar-refractivity contribution in [2.24, 2.45) is 5.92 Å². The zero-order chi connectivity index (χ0) is 22.6. The molecular weight excluding hydrogens is 433 g/mol. The third kappa shape index (κ3) is 3.35. The van der Waals surface area contributed by atoms with Crippen LogP contribution in [-0.2, 0) is 6.42 Å². The van der Waals surface area contributed by atoms with Crippen molar-refractivity contribution in [3.05, 3.63) is 62.8 Å². The van der Waals surface area contributed by atoms with E-state index in [1.807, 2.05) is 19.0 Å². The molecule has 2 aliphatic rings. The highest BCUT2D eigenvalue weighted by Crippen LogP contribution is 2.39. The minimum absolute atomic E-state index is 0.0314. The van der Waals surface area contributed by atoms with Crippen LogP contribution < -0.4 is 10.4 Å². The van der Waals surface area contributed by atoms with E-state index in [0.29, 0.717) is 28.9 Å². The summed E-state index contributed by atoms with van der Waals surface area (Å²) in [5.41, 5.74) is 0.379. The molecule has 32 heavy (non-hydrogen) atoms. The standard InChI is InChI=1S/C22H22FN5O3S/c1-3-27-21(13-6-7-13)26(2)28-11-15(18(29)19(30)17(28)22(27)31)20-25-24-16(32-20)10-12-4-8-14(23)9-5-12/h4-5,8-9,11,13,21,30H,3,6-7,10H2,1-2H3. The first kappa shape index (κ1) is 20.6. The Kier molecular flexibility index (Phi) is 4.96. The number of carbonyl (C=O) groups excluding carboxylic acids is 1. The molecule has 1 aromatic carbocycles. The average molecular weight is 456 g/mol. The number of fused-ring (bicyclic) bond motifs is 1. The van der Waals surface area contributed by atoms with Crippen LogP contribution >= 0.6 is 11.3 Å². The summed E-state index contributed by atoms with van der Waals surface area (Å²) in [6, 6.07) is 6.12. The first-order valence-electron chi connectivity index (χ1n) is 10.5. The fourth-order valence-electron chi connectivity index (χ4n) is 4.27. The van der Waals surface area contributed by atoms with Crippen LogP contribution in [0.2, 0.25) is 0 Å². The lowest BCUT2D eigenvalue weighted by molar-refractivity contribution is 0.0561. The van der Waals surface area contributed by atoms with E-state index in [0.717, 1.165) is 18.4 Å². The van der Waals surface area contributed by atoms with Crippen molar-refractivity contribution < 1.29 is 14.3 Å². The number of nitrogens with zero attached hydrogens (tertiary/aromatic N) is 5. The van der Waals surface area contributed by atoms with Crippen LogP contribution in [0, 0.1) is 11.7 Å². The summed E-state index contributed by atoms with van der Waals surface area (Å²) in [6.45, 7) is 2.38. The maximum absolute atomic E-state index is 13.1. The van der Waals surface area contributed by atoms with Crippen LogP contribution in [0.5, 0.6) is 5.75 Å². The first-order valence-corrected chi connectivity index (χ1v) is 11.3. The summed E-state index contributed by atoms with van der Waals surface area (Å²) in [4.78, 5) is 27.8. The lowest BCUT2D eigenvalue weighted by atomic mass is 10.1. The predicted molar refractivity (Wildman–Crippen MR) is 118 cm³/mol. The Bertz CT molecular complexity index is 1250. The highest BCUT2D eigenvalue weighted by atomic mass is 32.1. The van der Waals surface area contributed by atoms with Gasteiger partial charge in [-0.15, -0.1) is 10.2 Å². The second-order valence-electron chi connectivity index (χ2n) is 8.13. The molecule has 3 heterocycles. The van der Waals surface area contributed by atoms with Gasteiger partial charge < -0.3 is 10.0 Å². The Morgan fingerprint density at radius 1 is 1.19 bits per heavy atom. The van der Waals surface area contributed by atoms with E-state index in [2.05, 4.69) is 10.2 Å². The monoisotopic (exact) mass is 455 g/mol. The molecular formula is C22H22FN5O3S. The van der Waals surface area contributed by atoms with Gasteiger partial charge in [-0.25, -0.2) is 4.39 Å². The van der Waals surface area contributed by atoms with Gasteiger partial charge in [0.25, 0.3) is 5.91 Å². The summed E-state index contributed by atoms with van der Waals surface area (Å²) in [5, 5.41) is 21.9. The molecule has 1 amide bonds. The number of halogens is 1. The molecule has 1 N–H and O–H groups in total. The molecule has 5 rings (SSSR count). The fourth-order valence-corrected chi connectivity index (χ4v) is 5.15. The zero-order valence-electron chi connectivity index (χ0n) is 17.7. The number of hydrogen-bond acceptors (Lipinski definition) is 7. The maximum atomic E-state index is 13.1. The molecule has 3 aromatic rings. The zero-order valence-corrected chi connectivity index (χ0v) is 18.5. The molecule has 1 saturated carbocycles. The van der Waals surface area contributed by atoms with Gasteiger partial charge in [0, 0.05) is 26.2 Å². The summed E-state index contributed by atoms with van der Waals surface area (Å²) >= 11 is 1.23. The number of pyridine rings is 1. The van der Waals surface area contributed by atoms with Gasteiger partial charge in [-0.1, -0.05) is 23.5 Å². The lowest BCUT2D eigenvalue weighted by Crippen LogP contribution is -2.60. The van der Waals surface area contributed by atoms with Gasteiger partial charge in [0.1, 0.15) is 17.0 Å². The van der Waals surface area contributed by atoms with Crippen molar-refractivity contribution in [3.8, 4) is 16.3 Å². The summed E-state index contributed by atoms with van der Waals surface area (Å²) in [5.74, 6) is -0.875. The van der Waals surface area contributed by atoms with Gasteiger partial charge in [-0.05, 0) is 43.4 Å². The molecule has 166 valence electrons. The third-order valence-corrected chi connectivity index (χ3v) is 6.98. The number of benzene rings is 1. The molecule has 1 unspecified atom stereocenters. The molecule has 10 heteroatoms. The van der Waals surface area contributed by atoms with Gasteiger partial charge in [-0.3, -0.25) is 19.3 Å². The molecule has 1 aliphatic carbocycles. The second-order valence-corrected chi connectivity index (χ2v) is 9.20. The SMILES string of the molecule is CCN1C(=O)c2c(O)c(=O)c(-c3nnc(Cc4ccc(F)cc4)s3)cn2N(C)C1C1CC1. The van der Waals surface area contributed by atoms with Crippen LogP contribution in [0.4, 0.5) is 4.39 Å². The average Bonchev–Trinajstić information content (AvgIpc) is 3.51. The molecule has 0 saturated heterocycles. The van der Waals surface area contributed by atoms with Crippen molar-refractivity contribution in [3.63, 3.8) is 0 Å². The van der Waals surface area contributed by atoms with Crippen molar-refractivity contribution in [1.29, 1.82) is 0 Å². The Balaban J connectivity index is 1.54. The Morgan fingerprint density at radius 3 is 2.56 bits per heavy atom. The molecule has 0 bridgehead atoms. The van der Waals surface area contributed by atoms with Gasteiger partial charge in [0.15, 0.2) is 16.5 Å². The first-order chi connectivity index (χ1) is 15.4. The van der Waals surface area contributed by atoms with Crippen LogP contribution in [0.25, 0.3) is 10.6 Å². The van der Waals surface area contributed by atoms with E-state index in [4.69, 9.17) is 0 Å². The van der Waals surface area contributed by atoms with Gasteiger partial charge >= 0.3 is 0 Å². The van der Waals surface area contributed by atoms with E-state index < -0.39 is 11.2 Å². The minimum Gasteiger partial charge on any atom is -0.502 e. The molecule has 0 spiro atoms.